The van der Waals surface area contributed by atoms with Crippen LogP contribution in [0.15, 0.2) is 115 Å². The first-order valence-corrected chi connectivity index (χ1v) is 15.3. The SMILES string of the molecule is C/C=C\C(=C/C)B(C)OCC.Fc1cccc(B2OCCc3ccccc32)c1.Fc1cccc(B2OCc3ccc(F)cc32)c1. The maximum atomic E-state index is 13.2. The fraction of sp³-hybridized carbons (Fsp3) is 0.222. The van der Waals surface area contributed by atoms with Gasteiger partial charge in [0.25, 0.3) is 0 Å². The van der Waals surface area contributed by atoms with Crippen LogP contribution in [0.3, 0.4) is 0 Å². The van der Waals surface area contributed by atoms with Crippen molar-refractivity contribution in [3.05, 3.63) is 143 Å². The minimum Gasteiger partial charge on any atom is -0.431 e. The summed E-state index contributed by atoms with van der Waals surface area (Å²) >= 11 is 0. The zero-order valence-corrected chi connectivity index (χ0v) is 26.3. The highest BCUT2D eigenvalue weighted by Gasteiger charge is 2.30. The van der Waals surface area contributed by atoms with Gasteiger partial charge in [0.2, 0.25) is 0 Å². The monoisotopic (exact) mass is 608 g/mol. The molecule has 0 fully saturated rings. The van der Waals surface area contributed by atoms with Gasteiger partial charge in [-0.05, 0) is 96.6 Å². The quantitative estimate of drug-likeness (QED) is 0.205. The Hall–Kier alpha value is -3.78. The van der Waals surface area contributed by atoms with Crippen molar-refractivity contribution in [2.45, 2.75) is 40.6 Å². The molecule has 0 saturated heterocycles. The number of hydrogen-bond donors (Lipinski definition) is 0. The number of allylic oxidation sites excluding steroid dienone is 4. The fourth-order valence-electron chi connectivity index (χ4n) is 5.49. The van der Waals surface area contributed by atoms with Gasteiger partial charge in [0.1, 0.15) is 17.5 Å². The Kier molecular flexibility index (Phi) is 12.9. The van der Waals surface area contributed by atoms with E-state index in [-0.39, 0.29) is 38.2 Å². The minimum absolute atomic E-state index is 0.129. The normalized spacial score (nSPS) is 13.8. The lowest BCUT2D eigenvalue weighted by Gasteiger charge is -2.23. The third kappa shape index (κ3) is 9.36. The van der Waals surface area contributed by atoms with Crippen molar-refractivity contribution in [2.24, 2.45) is 0 Å². The Morgan fingerprint density at radius 1 is 0.778 bits per heavy atom. The molecule has 4 aromatic carbocycles. The van der Waals surface area contributed by atoms with Gasteiger partial charge in [-0.2, -0.15) is 0 Å². The average Bonchev–Trinajstić information content (AvgIpc) is 3.47. The molecular formula is C36H38B3F3O3. The second-order valence-electron chi connectivity index (χ2n) is 10.7. The Morgan fingerprint density at radius 2 is 1.42 bits per heavy atom. The summed E-state index contributed by atoms with van der Waals surface area (Å²) < 4.78 is 56.4. The first-order valence-electron chi connectivity index (χ1n) is 15.3. The molecule has 0 unspecified atom stereocenters. The molecule has 0 radical (unpaired) electrons. The summed E-state index contributed by atoms with van der Waals surface area (Å²) in [6.45, 7) is 9.77. The van der Waals surface area contributed by atoms with Gasteiger partial charge >= 0.3 is 20.7 Å². The number of halogens is 3. The average molecular weight is 608 g/mol. The zero-order chi connectivity index (χ0) is 32.2. The second-order valence-corrected chi connectivity index (χ2v) is 10.7. The molecule has 0 aromatic heterocycles. The van der Waals surface area contributed by atoms with E-state index in [1.54, 1.807) is 30.3 Å². The van der Waals surface area contributed by atoms with Crippen LogP contribution in [0.4, 0.5) is 13.2 Å². The van der Waals surface area contributed by atoms with Gasteiger partial charge in [0.05, 0.1) is 6.61 Å². The topological polar surface area (TPSA) is 27.7 Å². The van der Waals surface area contributed by atoms with Crippen LogP contribution < -0.4 is 21.9 Å². The molecule has 0 N–H and O–H groups in total. The maximum absolute atomic E-state index is 13.2. The summed E-state index contributed by atoms with van der Waals surface area (Å²) in [5, 5.41) is 0. The maximum Gasteiger partial charge on any atom is 0.362 e. The van der Waals surface area contributed by atoms with Gasteiger partial charge in [-0.15, -0.1) is 0 Å². The van der Waals surface area contributed by atoms with Crippen LogP contribution in [0.2, 0.25) is 6.82 Å². The smallest absolute Gasteiger partial charge is 0.362 e. The summed E-state index contributed by atoms with van der Waals surface area (Å²) in [5.74, 6) is -0.819. The molecule has 9 heteroatoms. The van der Waals surface area contributed by atoms with E-state index in [9.17, 15) is 13.2 Å². The van der Waals surface area contributed by atoms with Crippen molar-refractivity contribution in [1.82, 2.24) is 0 Å². The lowest BCUT2D eigenvalue weighted by atomic mass is 9.53. The molecule has 45 heavy (non-hydrogen) atoms. The van der Waals surface area contributed by atoms with Crippen molar-refractivity contribution in [1.29, 1.82) is 0 Å². The zero-order valence-electron chi connectivity index (χ0n) is 26.3. The standard InChI is InChI=1S/C14H12BFO.C13H9BF2O.C9H17BO/c16-13-6-3-5-12(10-13)15-14-7-2-1-4-11(14)8-9-17-15;15-11-3-1-2-10(6-11)14-13-7-12(16)5-4-9(13)8-17-14;1-5-8-9(6-2)10(4)11-7-3/h1-7,10H,8-9H2;1-7H,8H2;5-6,8H,7H2,1-4H3/b;;8-5-,9-6+. The van der Waals surface area contributed by atoms with E-state index >= 15 is 0 Å². The van der Waals surface area contributed by atoms with E-state index in [0.717, 1.165) is 35.0 Å². The Bertz CT molecular complexity index is 1610. The van der Waals surface area contributed by atoms with E-state index in [2.05, 4.69) is 31.1 Å². The molecule has 4 aromatic rings. The van der Waals surface area contributed by atoms with Crippen molar-refractivity contribution >= 4 is 42.6 Å². The molecule has 6 rings (SSSR count). The predicted octanol–water partition coefficient (Wildman–Crippen LogP) is 5.81. The summed E-state index contributed by atoms with van der Waals surface area (Å²) in [7, 11) is 0. The Balaban J connectivity index is 0.000000159. The van der Waals surface area contributed by atoms with Crippen LogP contribution in [0.25, 0.3) is 0 Å². The molecule has 0 aliphatic carbocycles. The highest BCUT2D eigenvalue weighted by atomic mass is 19.1. The second kappa shape index (κ2) is 17.1. The highest BCUT2D eigenvalue weighted by molar-refractivity contribution is 6.81. The van der Waals surface area contributed by atoms with Crippen molar-refractivity contribution < 1.29 is 27.1 Å². The lowest BCUT2D eigenvalue weighted by Crippen LogP contribution is -2.50. The molecule has 3 nitrogen and oxygen atoms in total. The summed E-state index contributed by atoms with van der Waals surface area (Å²) in [4.78, 5) is 0. The number of fused-ring (bicyclic) bond motifs is 2. The molecule has 2 aliphatic heterocycles. The molecule has 0 amide bonds. The first-order chi connectivity index (χ1) is 21.8. The molecule has 2 aliphatic rings. The van der Waals surface area contributed by atoms with Gasteiger partial charge in [-0.3, -0.25) is 0 Å². The largest absolute Gasteiger partial charge is 0.431 e. The van der Waals surface area contributed by atoms with E-state index < -0.39 is 0 Å². The number of benzene rings is 4. The van der Waals surface area contributed by atoms with Crippen molar-refractivity contribution in [2.75, 3.05) is 13.2 Å². The van der Waals surface area contributed by atoms with Crippen LogP contribution in [0.5, 0.6) is 0 Å². The van der Waals surface area contributed by atoms with E-state index in [1.807, 2.05) is 45.0 Å². The van der Waals surface area contributed by atoms with Crippen LogP contribution in [0.1, 0.15) is 31.9 Å². The van der Waals surface area contributed by atoms with E-state index in [1.165, 1.54) is 41.4 Å². The molecule has 2 heterocycles. The highest BCUT2D eigenvalue weighted by Crippen LogP contribution is 2.13. The van der Waals surface area contributed by atoms with Crippen molar-refractivity contribution in [3.8, 4) is 0 Å². The third-order valence-electron chi connectivity index (χ3n) is 7.67. The summed E-state index contributed by atoms with van der Waals surface area (Å²) in [6.07, 6.45) is 7.13. The van der Waals surface area contributed by atoms with E-state index in [4.69, 9.17) is 14.0 Å². The van der Waals surface area contributed by atoms with Gasteiger partial charge in [0, 0.05) is 13.2 Å². The molecule has 0 bridgehead atoms. The minimum atomic E-state index is -0.364. The molecule has 0 spiro atoms. The molecule has 0 atom stereocenters. The lowest BCUT2D eigenvalue weighted by molar-refractivity contribution is 0.330. The van der Waals surface area contributed by atoms with E-state index in [0.29, 0.717) is 18.7 Å². The van der Waals surface area contributed by atoms with Crippen LogP contribution >= 0.6 is 0 Å². The Labute approximate surface area is 266 Å². The van der Waals surface area contributed by atoms with Crippen LogP contribution in [0, 0.1) is 17.5 Å². The van der Waals surface area contributed by atoms with Crippen molar-refractivity contribution in [3.63, 3.8) is 0 Å². The van der Waals surface area contributed by atoms with Gasteiger partial charge < -0.3 is 14.0 Å². The summed E-state index contributed by atoms with van der Waals surface area (Å²) in [6, 6.07) is 25.7. The number of rotatable bonds is 6. The van der Waals surface area contributed by atoms with Gasteiger partial charge in [0.15, 0.2) is 0 Å². The van der Waals surface area contributed by atoms with Gasteiger partial charge in [-0.25, -0.2) is 13.2 Å². The number of hydrogen-bond acceptors (Lipinski definition) is 3. The fourth-order valence-corrected chi connectivity index (χ4v) is 5.49. The Morgan fingerprint density at radius 3 is 2.04 bits per heavy atom. The van der Waals surface area contributed by atoms with Gasteiger partial charge in [-0.1, -0.05) is 85.1 Å². The molecule has 230 valence electrons. The van der Waals surface area contributed by atoms with Crippen LogP contribution in [-0.2, 0) is 27.0 Å². The first kappa shape index (κ1) is 34.1. The predicted molar refractivity (Wildman–Crippen MR) is 182 cm³/mol. The summed E-state index contributed by atoms with van der Waals surface area (Å²) in [5.41, 5.74) is 7.05. The van der Waals surface area contributed by atoms with Crippen LogP contribution in [-0.4, -0.2) is 34.0 Å². The molecular weight excluding hydrogens is 570 g/mol. The molecule has 0 saturated carbocycles. The third-order valence-corrected chi connectivity index (χ3v) is 7.67.